The predicted molar refractivity (Wildman–Crippen MR) is 117 cm³/mol. The number of hydrogen-bond acceptors (Lipinski definition) is 5. The number of carbonyl (C=O) groups is 2. The fourth-order valence-electron chi connectivity index (χ4n) is 4.32. The van der Waals surface area contributed by atoms with Crippen LogP contribution < -0.4 is 4.74 Å². The number of aliphatic hydroxyl groups is 1. The van der Waals surface area contributed by atoms with E-state index in [1.807, 2.05) is 20.9 Å². The van der Waals surface area contributed by atoms with Crippen LogP contribution in [0.5, 0.6) is 5.88 Å². The molecule has 1 aliphatic carbocycles. The first kappa shape index (κ1) is 23.0. The van der Waals surface area contributed by atoms with Gasteiger partial charge in [-0.2, -0.15) is 0 Å². The summed E-state index contributed by atoms with van der Waals surface area (Å²) < 4.78 is 6.89. The van der Waals surface area contributed by atoms with E-state index in [1.54, 1.807) is 22.1 Å². The topological polar surface area (TPSA) is 83.0 Å². The monoisotopic (exact) mass is 481 g/mol. The van der Waals surface area contributed by atoms with Crippen molar-refractivity contribution in [1.82, 2.24) is 14.8 Å². The molecule has 0 bridgehead atoms. The number of ether oxygens (including phenoxy) is 1. The Kier molecular flexibility index (Phi) is 7.74. The minimum absolute atomic E-state index is 0.0387. The summed E-state index contributed by atoms with van der Waals surface area (Å²) >= 11 is 3.38. The zero-order valence-corrected chi connectivity index (χ0v) is 19.6. The van der Waals surface area contributed by atoms with E-state index in [0.717, 1.165) is 25.7 Å². The molecule has 2 heterocycles. The molecule has 30 heavy (non-hydrogen) atoms. The second kappa shape index (κ2) is 10.1. The highest BCUT2D eigenvalue weighted by molar-refractivity contribution is 9.10. The first-order chi connectivity index (χ1) is 14.3. The number of aliphatic hydroxyl groups excluding tert-OH is 1. The number of carbonyl (C=O) groups excluding carboxylic acids is 2. The van der Waals surface area contributed by atoms with Gasteiger partial charge in [0.1, 0.15) is 11.7 Å². The molecule has 1 aliphatic heterocycles. The molecule has 1 aromatic heterocycles. The van der Waals surface area contributed by atoms with Crippen LogP contribution in [0.1, 0.15) is 56.3 Å². The van der Waals surface area contributed by atoms with Crippen molar-refractivity contribution < 1.29 is 19.4 Å². The van der Waals surface area contributed by atoms with Gasteiger partial charge in [-0.1, -0.05) is 26.2 Å². The lowest BCUT2D eigenvalue weighted by Crippen LogP contribution is -2.51. The van der Waals surface area contributed by atoms with Crippen molar-refractivity contribution in [3.63, 3.8) is 0 Å². The molecule has 1 aromatic rings. The molecule has 1 fully saturated rings. The molecule has 2 amide bonds. The second-order valence-electron chi connectivity index (χ2n) is 8.68. The van der Waals surface area contributed by atoms with E-state index in [9.17, 15) is 14.7 Å². The molecule has 7 nitrogen and oxygen atoms in total. The first-order valence-corrected chi connectivity index (χ1v) is 11.6. The molecule has 3 rings (SSSR count). The van der Waals surface area contributed by atoms with Crippen molar-refractivity contribution >= 4 is 27.7 Å². The predicted octanol–water partition coefficient (Wildman–Crippen LogP) is 3.10. The Morgan fingerprint density at radius 1 is 1.40 bits per heavy atom. The number of pyridine rings is 1. The Labute approximate surface area is 186 Å². The van der Waals surface area contributed by atoms with Crippen LogP contribution in [0.15, 0.2) is 16.7 Å². The van der Waals surface area contributed by atoms with Gasteiger partial charge < -0.3 is 19.6 Å². The smallest absolute Gasteiger partial charge is 0.259 e. The number of halogens is 1. The third-order valence-electron chi connectivity index (χ3n) is 6.27. The highest BCUT2D eigenvalue weighted by Gasteiger charge is 2.35. The van der Waals surface area contributed by atoms with E-state index in [4.69, 9.17) is 4.74 Å². The van der Waals surface area contributed by atoms with E-state index in [1.165, 1.54) is 6.42 Å². The van der Waals surface area contributed by atoms with Gasteiger partial charge in [-0.3, -0.25) is 9.59 Å². The summed E-state index contributed by atoms with van der Waals surface area (Å²) in [6.07, 6.45) is 6.65. The largest absolute Gasteiger partial charge is 0.472 e. The fourth-order valence-corrected chi connectivity index (χ4v) is 4.65. The molecule has 0 aromatic carbocycles. The van der Waals surface area contributed by atoms with Crippen molar-refractivity contribution in [1.29, 1.82) is 0 Å². The number of likely N-dealkylation sites (N-methyl/N-ethyl adjacent to an activating group) is 1. The van der Waals surface area contributed by atoms with Crippen molar-refractivity contribution in [2.45, 2.75) is 58.1 Å². The first-order valence-electron chi connectivity index (χ1n) is 10.8. The zero-order chi connectivity index (χ0) is 21.8. The van der Waals surface area contributed by atoms with Crippen molar-refractivity contribution in [3.8, 4) is 5.88 Å². The maximum absolute atomic E-state index is 13.1. The van der Waals surface area contributed by atoms with Gasteiger partial charge in [0.2, 0.25) is 11.8 Å². The summed E-state index contributed by atoms with van der Waals surface area (Å²) in [6, 6.07) is 1.37. The molecule has 3 atom stereocenters. The Balaban J connectivity index is 1.84. The third-order valence-corrected chi connectivity index (χ3v) is 6.71. The summed E-state index contributed by atoms with van der Waals surface area (Å²) in [4.78, 5) is 33.9. The van der Waals surface area contributed by atoms with Gasteiger partial charge in [-0.25, -0.2) is 4.98 Å². The standard InChI is InChI=1S/C22H32BrN3O4/c1-14-11-26(15(2)13-27)22(29)18-9-17(23)10-24-20(18)30-19(14)12-25(3)21(28)16-7-5-4-6-8-16/h9-10,14-16,19,27H,4-8,11-13H2,1-3H3/t14-,15-,19-/m1/s1. The molecular weight excluding hydrogens is 450 g/mol. The number of amides is 2. The zero-order valence-electron chi connectivity index (χ0n) is 18.0. The number of fused-ring (bicyclic) bond motifs is 1. The molecular formula is C22H32BrN3O4. The minimum atomic E-state index is -0.327. The lowest BCUT2D eigenvalue weighted by molar-refractivity contribution is -0.136. The van der Waals surface area contributed by atoms with E-state index in [0.29, 0.717) is 23.1 Å². The molecule has 0 unspecified atom stereocenters. The van der Waals surface area contributed by atoms with Crippen LogP contribution in [0.2, 0.25) is 0 Å². The molecule has 0 radical (unpaired) electrons. The summed E-state index contributed by atoms with van der Waals surface area (Å²) in [7, 11) is 1.83. The van der Waals surface area contributed by atoms with Gasteiger partial charge in [-0.15, -0.1) is 0 Å². The molecule has 1 saturated carbocycles. The Bertz CT molecular complexity index is 769. The molecule has 0 spiro atoms. The fraction of sp³-hybridized carbons (Fsp3) is 0.682. The average molecular weight is 482 g/mol. The van der Waals surface area contributed by atoms with Crippen LogP contribution in [0.4, 0.5) is 0 Å². The quantitative estimate of drug-likeness (QED) is 0.698. The lowest BCUT2D eigenvalue weighted by Gasteiger charge is -2.38. The number of aromatic nitrogens is 1. The summed E-state index contributed by atoms with van der Waals surface area (Å²) in [5, 5.41) is 9.68. The van der Waals surface area contributed by atoms with E-state index in [-0.39, 0.29) is 48.3 Å². The SMILES string of the molecule is C[C@@H]1CN([C@H](C)CO)C(=O)c2cc(Br)cnc2O[C@@H]1CN(C)C(=O)C1CCCCC1. The van der Waals surface area contributed by atoms with E-state index >= 15 is 0 Å². The molecule has 166 valence electrons. The van der Waals surface area contributed by atoms with Crippen LogP contribution in [0.25, 0.3) is 0 Å². The van der Waals surface area contributed by atoms with Gasteiger partial charge in [0.25, 0.3) is 5.91 Å². The van der Waals surface area contributed by atoms with Gasteiger partial charge in [0.05, 0.1) is 19.2 Å². The number of nitrogens with zero attached hydrogens (tertiary/aromatic N) is 3. The summed E-state index contributed by atoms with van der Waals surface area (Å²) in [5.74, 6) is 0.295. The second-order valence-corrected chi connectivity index (χ2v) is 9.60. The van der Waals surface area contributed by atoms with Gasteiger partial charge >= 0.3 is 0 Å². The van der Waals surface area contributed by atoms with Crippen LogP contribution >= 0.6 is 15.9 Å². The maximum atomic E-state index is 13.1. The average Bonchev–Trinajstić information content (AvgIpc) is 2.76. The van der Waals surface area contributed by atoms with Crippen molar-refractivity contribution in [3.05, 3.63) is 22.3 Å². The minimum Gasteiger partial charge on any atom is -0.472 e. The Morgan fingerprint density at radius 2 is 2.10 bits per heavy atom. The molecule has 8 heteroatoms. The van der Waals surface area contributed by atoms with Gasteiger partial charge in [0.15, 0.2) is 0 Å². The highest BCUT2D eigenvalue weighted by Crippen LogP contribution is 2.29. The van der Waals surface area contributed by atoms with Crippen LogP contribution in [0, 0.1) is 11.8 Å². The number of hydrogen-bond donors (Lipinski definition) is 1. The molecule has 2 aliphatic rings. The summed E-state index contributed by atoms with van der Waals surface area (Å²) in [6.45, 7) is 4.58. The van der Waals surface area contributed by atoms with Crippen molar-refractivity contribution in [2.75, 3.05) is 26.7 Å². The maximum Gasteiger partial charge on any atom is 0.259 e. The highest BCUT2D eigenvalue weighted by atomic mass is 79.9. The van der Waals surface area contributed by atoms with Crippen LogP contribution in [-0.4, -0.2) is 70.6 Å². The van der Waals surface area contributed by atoms with Crippen LogP contribution in [0.3, 0.4) is 0 Å². The van der Waals surface area contributed by atoms with Gasteiger partial charge in [-0.05, 0) is 41.8 Å². The van der Waals surface area contributed by atoms with Crippen LogP contribution in [-0.2, 0) is 4.79 Å². The molecule has 0 saturated heterocycles. The van der Waals surface area contributed by atoms with E-state index in [2.05, 4.69) is 20.9 Å². The van der Waals surface area contributed by atoms with E-state index < -0.39 is 0 Å². The van der Waals surface area contributed by atoms with Crippen molar-refractivity contribution in [2.24, 2.45) is 11.8 Å². The Hall–Kier alpha value is -1.67. The van der Waals surface area contributed by atoms with Gasteiger partial charge in [0, 0.05) is 36.1 Å². The summed E-state index contributed by atoms with van der Waals surface area (Å²) in [5.41, 5.74) is 0.364. The number of rotatable bonds is 5. The Morgan fingerprint density at radius 3 is 2.77 bits per heavy atom. The normalized spacial score (nSPS) is 23.8. The third kappa shape index (κ3) is 5.14. The lowest BCUT2D eigenvalue weighted by atomic mass is 9.88. The molecule has 1 N–H and O–H groups in total.